The van der Waals surface area contributed by atoms with Crippen LogP contribution in [0.2, 0.25) is 0 Å². The minimum atomic E-state index is -0.146. The highest BCUT2D eigenvalue weighted by molar-refractivity contribution is 5.91. The third-order valence-electron chi connectivity index (χ3n) is 2.73. The highest BCUT2D eigenvalue weighted by Crippen LogP contribution is 2.10. The monoisotopic (exact) mass is 287 g/mol. The van der Waals surface area contributed by atoms with Crippen LogP contribution in [0.25, 0.3) is 0 Å². The van der Waals surface area contributed by atoms with Crippen LogP contribution < -0.4 is 10.1 Å². The number of hydrogen-bond donors (Lipinski definition) is 1. The largest absolute Gasteiger partial charge is 0.481 e. The van der Waals surface area contributed by atoms with Gasteiger partial charge in [-0.15, -0.1) is 0 Å². The van der Waals surface area contributed by atoms with Crippen LogP contribution in [-0.4, -0.2) is 46.5 Å². The Morgan fingerprint density at radius 3 is 2.81 bits per heavy atom. The average molecular weight is 287 g/mol. The molecule has 110 valence electrons. The van der Waals surface area contributed by atoms with Crippen molar-refractivity contribution in [2.75, 3.05) is 26.0 Å². The van der Waals surface area contributed by atoms with Crippen LogP contribution in [-0.2, 0) is 11.3 Å². The number of anilines is 1. The van der Waals surface area contributed by atoms with Gasteiger partial charge < -0.3 is 10.1 Å². The molecule has 0 aliphatic carbocycles. The highest BCUT2D eigenvalue weighted by Gasteiger charge is 2.09. The zero-order valence-electron chi connectivity index (χ0n) is 12.0. The first-order chi connectivity index (χ1) is 10.2. The molecule has 7 heteroatoms. The molecule has 2 aromatic heterocycles. The standard InChI is InChI=1S/C14H17N5O2/c1-19(8-11-3-5-15-6-4-11)9-13(20)18-12-7-14(21-2)17-10-16-12/h3-7,10H,8-9H2,1-2H3,(H,16,17,18,20). The highest BCUT2D eigenvalue weighted by atomic mass is 16.5. The van der Waals surface area contributed by atoms with Gasteiger partial charge in [-0.25, -0.2) is 9.97 Å². The van der Waals surface area contributed by atoms with Crippen LogP contribution in [0.3, 0.4) is 0 Å². The Kier molecular flexibility index (Phi) is 5.16. The second-order valence-corrected chi connectivity index (χ2v) is 4.52. The second-order valence-electron chi connectivity index (χ2n) is 4.52. The quantitative estimate of drug-likeness (QED) is 0.852. The van der Waals surface area contributed by atoms with E-state index in [1.165, 1.54) is 13.4 Å². The van der Waals surface area contributed by atoms with Gasteiger partial charge in [0, 0.05) is 25.0 Å². The van der Waals surface area contributed by atoms with Crippen LogP contribution in [0.4, 0.5) is 5.82 Å². The minimum Gasteiger partial charge on any atom is -0.481 e. The third-order valence-corrected chi connectivity index (χ3v) is 2.73. The van der Waals surface area contributed by atoms with Gasteiger partial charge in [0.1, 0.15) is 12.1 Å². The van der Waals surface area contributed by atoms with Gasteiger partial charge in [0.2, 0.25) is 11.8 Å². The minimum absolute atomic E-state index is 0.146. The molecule has 0 aromatic carbocycles. The van der Waals surface area contributed by atoms with Crippen molar-refractivity contribution in [3.63, 3.8) is 0 Å². The Morgan fingerprint density at radius 1 is 1.33 bits per heavy atom. The van der Waals surface area contributed by atoms with Gasteiger partial charge in [-0.05, 0) is 24.7 Å². The van der Waals surface area contributed by atoms with E-state index in [1.807, 2.05) is 24.1 Å². The number of rotatable bonds is 6. The van der Waals surface area contributed by atoms with Crippen molar-refractivity contribution >= 4 is 11.7 Å². The van der Waals surface area contributed by atoms with Gasteiger partial charge >= 0.3 is 0 Å². The fourth-order valence-electron chi connectivity index (χ4n) is 1.80. The van der Waals surface area contributed by atoms with Gasteiger partial charge in [-0.3, -0.25) is 14.7 Å². The lowest BCUT2D eigenvalue weighted by Crippen LogP contribution is -2.30. The van der Waals surface area contributed by atoms with E-state index in [2.05, 4.69) is 20.3 Å². The summed E-state index contributed by atoms with van der Waals surface area (Å²) < 4.78 is 4.98. The molecule has 0 saturated heterocycles. The summed E-state index contributed by atoms with van der Waals surface area (Å²) in [6, 6.07) is 5.41. The fraction of sp³-hybridized carbons (Fsp3) is 0.286. The molecular weight excluding hydrogens is 270 g/mol. The van der Waals surface area contributed by atoms with Gasteiger partial charge in [0.25, 0.3) is 0 Å². The first kappa shape index (κ1) is 14.9. The summed E-state index contributed by atoms with van der Waals surface area (Å²) in [5.41, 5.74) is 1.10. The van der Waals surface area contributed by atoms with Crippen molar-refractivity contribution in [2.24, 2.45) is 0 Å². The third kappa shape index (κ3) is 4.81. The van der Waals surface area contributed by atoms with E-state index in [-0.39, 0.29) is 12.5 Å². The van der Waals surface area contributed by atoms with Gasteiger partial charge in [0.05, 0.1) is 13.7 Å². The predicted octanol–water partition coefficient (Wildman–Crippen LogP) is 0.951. The lowest BCUT2D eigenvalue weighted by molar-refractivity contribution is -0.117. The number of hydrogen-bond acceptors (Lipinski definition) is 6. The average Bonchev–Trinajstić information content (AvgIpc) is 2.48. The molecule has 2 heterocycles. The molecule has 1 N–H and O–H groups in total. The number of aromatic nitrogens is 3. The van der Waals surface area contributed by atoms with Crippen molar-refractivity contribution in [1.82, 2.24) is 19.9 Å². The number of ether oxygens (including phenoxy) is 1. The lowest BCUT2D eigenvalue weighted by atomic mass is 10.2. The zero-order chi connectivity index (χ0) is 15.1. The summed E-state index contributed by atoms with van der Waals surface area (Å²) in [4.78, 5) is 25.7. The Balaban J connectivity index is 1.86. The van der Waals surface area contributed by atoms with Crippen molar-refractivity contribution in [1.29, 1.82) is 0 Å². The van der Waals surface area contributed by atoms with Gasteiger partial charge in [0.15, 0.2) is 0 Å². The summed E-state index contributed by atoms with van der Waals surface area (Å²) in [5, 5.41) is 2.71. The molecule has 0 saturated carbocycles. The van der Waals surface area contributed by atoms with E-state index in [1.54, 1.807) is 18.5 Å². The first-order valence-electron chi connectivity index (χ1n) is 6.40. The molecule has 1 amide bonds. The van der Waals surface area contributed by atoms with Crippen LogP contribution in [0.5, 0.6) is 5.88 Å². The Morgan fingerprint density at radius 2 is 2.10 bits per heavy atom. The van der Waals surface area contributed by atoms with Gasteiger partial charge in [-0.2, -0.15) is 0 Å². The molecule has 2 aromatic rings. The van der Waals surface area contributed by atoms with E-state index in [0.29, 0.717) is 18.2 Å². The smallest absolute Gasteiger partial charge is 0.239 e. The topological polar surface area (TPSA) is 80.2 Å². The Hall–Kier alpha value is -2.54. The first-order valence-corrected chi connectivity index (χ1v) is 6.40. The van der Waals surface area contributed by atoms with Crippen LogP contribution >= 0.6 is 0 Å². The summed E-state index contributed by atoms with van der Waals surface area (Å²) in [6.07, 6.45) is 4.81. The predicted molar refractivity (Wildman–Crippen MR) is 77.8 cm³/mol. The molecule has 0 atom stereocenters. The van der Waals surface area contributed by atoms with Crippen LogP contribution in [0.1, 0.15) is 5.56 Å². The van der Waals surface area contributed by atoms with Crippen LogP contribution in [0, 0.1) is 0 Å². The van der Waals surface area contributed by atoms with Gasteiger partial charge in [-0.1, -0.05) is 0 Å². The number of nitrogens with one attached hydrogen (secondary N) is 1. The van der Waals surface area contributed by atoms with E-state index in [4.69, 9.17) is 4.74 Å². The number of methoxy groups -OCH3 is 1. The molecule has 7 nitrogen and oxygen atoms in total. The van der Waals surface area contributed by atoms with Crippen molar-refractivity contribution in [3.8, 4) is 5.88 Å². The molecule has 0 aliphatic heterocycles. The number of pyridine rings is 1. The second kappa shape index (κ2) is 7.30. The molecule has 0 bridgehead atoms. The summed E-state index contributed by atoms with van der Waals surface area (Å²) >= 11 is 0. The Labute approximate surface area is 123 Å². The summed E-state index contributed by atoms with van der Waals surface area (Å²) in [6.45, 7) is 0.928. The molecule has 21 heavy (non-hydrogen) atoms. The summed E-state index contributed by atoms with van der Waals surface area (Å²) in [5.74, 6) is 0.682. The number of likely N-dealkylation sites (N-methyl/N-ethyl adjacent to an activating group) is 1. The van der Waals surface area contributed by atoms with Crippen LogP contribution in [0.15, 0.2) is 36.9 Å². The molecule has 0 radical (unpaired) electrons. The van der Waals surface area contributed by atoms with Crippen molar-refractivity contribution in [2.45, 2.75) is 6.54 Å². The molecule has 2 rings (SSSR count). The maximum absolute atomic E-state index is 11.9. The number of nitrogens with zero attached hydrogens (tertiary/aromatic N) is 4. The van der Waals surface area contributed by atoms with E-state index in [0.717, 1.165) is 5.56 Å². The number of carbonyl (C=O) groups excluding carboxylic acids is 1. The van der Waals surface area contributed by atoms with E-state index < -0.39 is 0 Å². The van der Waals surface area contributed by atoms with Crippen molar-refractivity contribution in [3.05, 3.63) is 42.5 Å². The fourth-order valence-corrected chi connectivity index (χ4v) is 1.80. The lowest BCUT2D eigenvalue weighted by Gasteiger charge is -2.16. The van der Waals surface area contributed by atoms with Crippen molar-refractivity contribution < 1.29 is 9.53 Å². The molecular formula is C14H17N5O2. The zero-order valence-corrected chi connectivity index (χ0v) is 12.0. The molecule has 0 spiro atoms. The number of carbonyl (C=O) groups is 1. The normalized spacial score (nSPS) is 10.4. The number of amides is 1. The van der Waals surface area contributed by atoms with E-state index in [9.17, 15) is 4.79 Å². The molecule has 0 aliphatic rings. The summed E-state index contributed by atoms with van der Waals surface area (Å²) in [7, 11) is 3.39. The maximum Gasteiger partial charge on any atom is 0.239 e. The molecule has 0 fully saturated rings. The Bertz CT molecular complexity index is 591. The molecule has 0 unspecified atom stereocenters. The maximum atomic E-state index is 11.9. The van der Waals surface area contributed by atoms with E-state index >= 15 is 0 Å². The SMILES string of the molecule is COc1cc(NC(=O)CN(C)Cc2ccncc2)ncn1.